The van der Waals surface area contributed by atoms with Crippen LogP contribution in [-0.4, -0.2) is 89.2 Å². The summed E-state index contributed by atoms with van der Waals surface area (Å²) in [6.45, 7) is 8.87. The first-order chi connectivity index (χ1) is 11.5. The monoisotopic (exact) mass is 333 g/mol. The second kappa shape index (κ2) is 6.98. The van der Waals surface area contributed by atoms with Gasteiger partial charge in [0.1, 0.15) is 0 Å². The molecule has 24 heavy (non-hydrogen) atoms. The number of aromatic nitrogens is 3. The van der Waals surface area contributed by atoms with Crippen molar-refractivity contribution in [3.63, 3.8) is 0 Å². The number of carbonyl (C=O) groups is 2. The highest BCUT2D eigenvalue weighted by molar-refractivity contribution is 5.74. The van der Waals surface area contributed by atoms with Gasteiger partial charge in [-0.3, -0.25) is 9.59 Å². The fourth-order valence-corrected chi connectivity index (χ4v) is 3.04. The Kier molecular flexibility index (Phi) is 4.77. The zero-order valence-electron chi connectivity index (χ0n) is 14.2. The minimum atomic E-state index is 0.103. The van der Waals surface area contributed by atoms with Gasteiger partial charge in [0, 0.05) is 66.2 Å². The molecule has 2 aliphatic heterocycles. The number of anilines is 2. The van der Waals surface area contributed by atoms with Crippen molar-refractivity contribution in [2.45, 2.75) is 13.8 Å². The number of piperazine rings is 2. The lowest BCUT2D eigenvalue weighted by molar-refractivity contribution is -0.129. The summed E-state index contributed by atoms with van der Waals surface area (Å²) in [5.41, 5.74) is 0. The number of amides is 2. The van der Waals surface area contributed by atoms with Crippen molar-refractivity contribution in [2.24, 2.45) is 0 Å². The summed E-state index contributed by atoms with van der Waals surface area (Å²) in [6, 6.07) is 0. The van der Waals surface area contributed by atoms with Gasteiger partial charge in [0.25, 0.3) is 0 Å². The standard InChI is InChI=1S/C15H23N7O2/c1-12(23)19-3-7-21(8-4-19)14-11-16-18-15(17-14)22-9-5-20(6-10-22)13(2)24/h11H,3-10H2,1-2H3. The summed E-state index contributed by atoms with van der Waals surface area (Å²) in [7, 11) is 0. The van der Waals surface area contributed by atoms with Crippen LogP contribution in [0.2, 0.25) is 0 Å². The summed E-state index contributed by atoms with van der Waals surface area (Å²) in [6.07, 6.45) is 1.67. The Labute approximate surface area is 141 Å². The van der Waals surface area contributed by atoms with Crippen LogP contribution in [-0.2, 0) is 9.59 Å². The smallest absolute Gasteiger partial charge is 0.247 e. The van der Waals surface area contributed by atoms with Crippen LogP contribution in [0.25, 0.3) is 0 Å². The first-order valence-corrected chi connectivity index (χ1v) is 8.25. The Bertz CT molecular complexity index is 558. The van der Waals surface area contributed by atoms with Crippen LogP contribution in [0, 0.1) is 0 Å². The topological polar surface area (TPSA) is 85.8 Å². The second-order valence-corrected chi connectivity index (χ2v) is 6.10. The predicted octanol–water partition coefficient (Wildman–Crippen LogP) is -0.791. The summed E-state index contributed by atoms with van der Waals surface area (Å²) in [5.74, 6) is 1.60. The Balaban J connectivity index is 1.63. The molecule has 0 spiro atoms. The molecule has 0 atom stereocenters. The van der Waals surface area contributed by atoms with Crippen LogP contribution < -0.4 is 9.80 Å². The molecule has 1 aromatic heterocycles. The molecule has 0 radical (unpaired) electrons. The van der Waals surface area contributed by atoms with Gasteiger partial charge in [0.05, 0.1) is 6.20 Å². The summed E-state index contributed by atoms with van der Waals surface area (Å²) in [5, 5.41) is 8.23. The van der Waals surface area contributed by atoms with E-state index in [1.165, 1.54) is 0 Å². The number of carbonyl (C=O) groups excluding carboxylic acids is 2. The average Bonchev–Trinajstić information content (AvgIpc) is 2.62. The minimum Gasteiger partial charge on any atom is -0.352 e. The van der Waals surface area contributed by atoms with E-state index in [2.05, 4.69) is 25.0 Å². The lowest BCUT2D eigenvalue weighted by atomic mass is 10.3. The van der Waals surface area contributed by atoms with E-state index in [-0.39, 0.29) is 11.8 Å². The Morgan fingerprint density at radius 3 is 1.83 bits per heavy atom. The number of hydrogen-bond donors (Lipinski definition) is 0. The fourth-order valence-electron chi connectivity index (χ4n) is 3.04. The molecule has 9 heteroatoms. The minimum absolute atomic E-state index is 0.103. The van der Waals surface area contributed by atoms with Crippen LogP contribution in [0.5, 0.6) is 0 Å². The third-order valence-corrected chi connectivity index (χ3v) is 4.59. The fraction of sp³-hybridized carbons (Fsp3) is 0.667. The van der Waals surface area contributed by atoms with Gasteiger partial charge in [-0.05, 0) is 0 Å². The van der Waals surface area contributed by atoms with E-state index in [1.807, 2.05) is 9.80 Å². The van der Waals surface area contributed by atoms with Gasteiger partial charge in [-0.25, -0.2) is 0 Å². The van der Waals surface area contributed by atoms with Crippen molar-refractivity contribution in [3.05, 3.63) is 6.20 Å². The molecule has 2 saturated heterocycles. The predicted molar refractivity (Wildman–Crippen MR) is 88.8 cm³/mol. The molecule has 2 aliphatic rings. The molecular formula is C15H23N7O2. The van der Waals surface area contributed by atoms with Gasteiger partial charge in [-0.1, -0.05) is 0 Å². The molecule has 0 aromatic carbocycles. The zero-order chi connectivity index (χ0) is 17.1. The highest BCUT2D eigenvalue weighted by Crippen LogP contribution is 2.17. The molecule has 2 fully saturated rings. The van der Waals surface area contributed by atoms with E-state index >= 15 is 0 Å². The maximum atomic E-state index is 11.4. The van der Waals surface area contributed by atoms with E-state index in [0.29, 0.717) is 45.2 Å². The van der Waals surface area contributed by atoms with Crippen LogP contribution >= 0.6 is 0 Å². The Morgan fingerprint density at radius 1 is 0.833 bits per heavy atom. The summed E-state index contributed by atoms with van der Waals surface area (Å²) in [4.78, 5) is 35.3. The van der Waals surface area contributed by atoms with Gasteiger partial charge >= 0.3 is 0 Å². The summed E-state index contributed by atoms with van der Waals surface area (Å²) >= 11 is 0. The third-order valence-electron chi connectivity index (χ3n) is 4.59. The van der Waals surface area contributed by atoms with E-state index in [9.17, 15) is 9.59 Å². The first kappa shape index (κ1) is 16.4. The maximum absolute atomic E-state index is 11.4. The molecule has 3 heterocycles. The lowest BCUT2D eigenvalue weighted by Crippen LogP contribution is -2.49. The van der Waals surface area contributed by atoms with Crippen LogP contribution in [0.3, 0.4) is 0 Å². The van der Waals surface area contributed by atoms with Gasteiger partial charge < -0.3 is 19.6 Å². The molecule has 0 aliphatic carbocycles. The number of hydrogen-bond acceptors (Lipinski definition) is 7. The van der Waals surface area contributed by atoms with Crippen LogP contribution in [0.1, 0.15) is 13.8 Å². The number of rotatable bonds is 2. The molecule has 3 rings (SSSR count). The van der Waals surface area contributed by atoms with Crippen molar-refractivity contribution >= 4 is 23.6 Å². The van der Waals surface area contributed by atoms with E-state index in [0.717, 1.165) is 18.9 Å². The molecule has 1 aromatic rings. The molecule has 0 N–H and O–H groups in total. The van der Waals surface area contributed by atoms with E-state index < -0.39 is 0 Å². The normalized spacial score (nSPS) is 18.8. The van der Waals surface area contributed by atoms with E-state index in [4.69, 9.17) is 0 Å². The Morgan fingerprint density at radius 2 is 1.33 bits per heavy atom. The lowest BCUT2D eigenvalue weighted by Gasteiger charge is -2.36. The van der Waals surface area contributed by atoms with Crippen molar-refractivity contribution in [3.8, 4) is 0 Å². The third kappa shape index (κ3) is 3.55. The van der Waals surface area contributed by atoms with Crippen LogP contribution in [0.4, 0.5) is 11.8 Å². The number of nitrogens with zero attached hydrogens (tertiary/aromatic N) is 7. The molecule has 2 amide bonds. The van der Waals surface area contributed by atoms with Crippen molar-refractivity contribution < 1.29 is 9.59 Å². The first-order valence-electron chi connectivity index (χ1n) is 8.25. The Hall–Kier alpha value is -2.45. The van der Waals surface area contributed by atoms with Gasteiger partial charge in [-0.2, -0.15) is 10.1 Å². The SMILES string of the molecule is CC(=O)N1CCN(c2cnnc(N3CCN(C(C)=O)CC3)n2)CC1. The average molecular weight is 333 g/mol. The van der Waals surface area contributed by atoms with Crippen molar-refractivity contribution in [2.75, 3.05) is 62.2 Å². The molecule has 0 unspecified atom stereocenters. The van der Waals surface area contributed by atoms with Crippen molar-refractivity contribution in [1.29, 1.82) is 0 Å². The van der Waals surface area contributed by atoms with Crippen LogP contribution in [0.15, 0.2) is 6.20 Å². The largest absolute Gasteiger partial charge is 0.352 e. The zero-order valence-corrected chi connectivity index (χ0v) is 14.2. The molecule has 130 valence electrons. The van der Waals surface area contributed by atoms with Gasteiger partial charge in [0.2, 0.25) is 17.8 Å². The molecular weight excluding hydrogens is 310 g/mol. The molecule has 0 saturated carbocycles. The highest BCUT2D eigenvalue weighted by atomic mass is 16.2. The molecule has 0 bridgehead atoms. The van der Waals surface area contributed by atoms with Crippen molar-refractivity contribution in [1.82, 2.24) is 25.0 Å². The highest BCUT2D eigenvalue weighted by Gasteiger charge is 2.23. The van der Waals surface area contributed by atoms with E-state index in [1.54, 1.807) is 20.0 Å². The second-order valence-electron chi connectivity index (χ2n) is 6.10. The van der Waals surface area contributed by atoms with Gasteiger partial charge in [-0.15, -0.1) is 5.10 Å². The quantitative estimate of drug-likeness (QED) is 0.701. The maximum Gasteiger partial charge on any atom is 0.247 e. The molecule has 9 nitrogen and oxygen atoms in total. The van der Waals surface area contributed by atoms with Gasteiger partial charge in [0.15, 0.2) is 5.82 Å². The summed E-state index contributed by atoms with van der Waals surface area (Å²) < 4.78 is 0.